The summed E-state index contributed by atoms with van der Waals surface area (Å²) in [7, 11) is 0. The zero-order chi connectivity index (χ0) is 13.6. The Morgan fingerprint density at radius 1 is 1.35 bits per heavy atom. The normalized spacial score (nSPS) is 15.2. The number of nitrogens with one attached hydrogen (secondary N) is 1. The number of likely N-dealkylation sites (N-methyl/N-ethyl adjacent to an activating group) is 1. The lowest BCUT2D eigenvalue weighted by Gasteiger charge is -2.30. The molecule has 2 amide bonds. The van der Waals surface area contributed by atoms with Gasteiger partial charge in [0, 0.05) is 12.6 Å². The van der Waals surface area contributed by atoms with E-state index in [-0.39, 0.29) is 12.1 Å². The van der Waals surface area contributed by atoms with E-state index in [1.165, 1.54) is 0 Å². The van der Waals surface area contributed by atoms with Crippen LogP contribution in [0, 0.1) is 5.92 Å². The largest absolute Gasteiger partial charge is 0.389 e. The second-order valence-electron chi connectivity index (χ2n) is 5.45. The van der Waals surface area contributed by atoms with Crippen LogP contribution < -0.4 is 5.32 Å². The summed E-state index contributed by atoms with van der Waals surface area (Å²) < 4.78 is 0. The molecule has 2 N–H and O–H groups in total. The van der Waals surface area contributed by atoms with Gasteiger partial charge in [0.15, 0.2) is 0 Å². The lowest BCUT2D eigenvalue weighted by atomic mass is 10.0. The van der Waals surface area contributed by atoms with Gasteiger partial charge in [0.1, 0.15) is 0 Å². The number of carbonyl (C=O) groups excluding carboxylic acids is 1. The molecule has 0 bridgehead atoms. The second kappa shape index (κ2) is 6.84. The van der Waals surface area contributed by atoms with Crippen molar-refractivity contribution in [2.45, 2.75) is 59.6 Å². The molecule has 0 aromatic carbocycles. The zero-order valence-corrected chi connectivity index (χ0v) is 12.1. The van der Waals surface area contributed by atoms with E-state index in [1.807, 2.05) is 13.8 Å². The maximum Gasteiger partial charge on any atom is 0.317 e. The van der Waals surface area contributed by atoms with Crippen LogP contribution in [-0.4, -0.2) is 40.8 Å². The predicted molar refractivity (Wildman–Crippen MR) is 71.0 cm³/mol. The van der Waals surface area contributed by atoms with Gasteiger partial charge in [-0.25, -0.2) is 4.79 Å². The number of carbonyl (C=O) groups is 1. The van der Waals surface area contributed by atoms with Crippen molar-refractivity contribution in [3.8, 4) is 0 Å². The van der Waals surface area contributed by atoms with Crippen LogP contribution in [0.15, 0.2) is 0 Å². The van der Waals surface area contributed by atoms with E-state index in [1.54, 1.807) is 18.7 Å². The molecule has 0 aliphatic rings. The fourth-order valence-electron chi connectivity index (χ4n) is 1.58. The molecule has 0 aliphatic heterocycles. The molecular weight excluding hydrogens is 216 g/mol. The van der Waals surface area contributed by atoms with Gasteiger partial charge in [0.05, 0.1) is 12.1 Å². The molecule has 0 aromatic heterocycles. The first-order valence-corrected chi connectivity index (χ1v) is 6.49. The third-order valence-electron chi connectivity index (χ3n) is 3.10. The standard InChI is InChI=1S/C13H28N2O2/c1-7-10(3)11(4)14-12(16)15(8-2)9-13(5,6)17/h10-11,17H,7-9H2,1-6H3,(H,14,16). The Labute approximate surface area is 105 Å². The molecule has 4 heteroatoms. The van der Waals surface area contributed by atoms with Crippen LogP contribution in [0.25, 0.3) is 0 Å². The van der Waals surface area contributed by atoms with Crippen molar-refractivity contribution in [2.75, 3.05) is 13.1 Å². The summed E-state index contributed by atoms with van der Waals surface area (Å²) in [5.74, 6) is 0.458. The summed E-state index contributed by atoms with van der Waals surface area (Å²) in [6.45, 7) is 12.5. The highest BCUT2D eigenvalue weighted by Gasteiger charge is 2.23. The minimum atomic E-state index is -0.854. The first kappa shape index (κ1) is 16.2. The molecular formula is C13H28N2O2. The monoisotopic (exact) mass is 244 g/mol. The number of nitrogens with zero attached hydrogens (tertiary/aromatic N) is 1. The van der Waals surface area contributed by atoms with E-state index >= 15 is 0 Å². The van der Waals surface area contributed by atoms with Crippen LogP contribution in [-0.2, 0) is 0 Å². The van der Waals surface area contributed by atoms with Gasteiger partial charge in [-0.2, -0.15) is 0 Å². The Balaban J connectivity index is 4.36. The van der Waals surface area contributed by atoms with E-state index < -0.39 is 5.60 Å². The molecule has 2 unspecified atom stereocenters. The lowest BCUT2D eigenvalue weighted by molar-refractivity contribution is 0.0473. The number of hydrogen-bond acceptors (Lipinski definition) is 2. The van der Waals surface area contributed by atoms with Crippen molar-refractivity contribution in [1.82, 2.24) is 10.2 Å². The van der Waals surface area contributed by atoms with Crippen LogP contribution in [0.1, 0.15) is 48.0 Å². The molecule has 0 saturated carbocycles. The molecule has 0 aromatic rings. The predicted octanol–water partition coefficient (Wildman–Crippen LogP) is 2.22. The van der Waals surface area contributed by atoms with Gasteiger partial charge in [-0.05, 0) is 33.6 Å². The molecule has 0 aliphatic carbocycles. The van der Waals surface area contributed by atoms with Gasteiger partial charge >= 0.3 is 6.03 Å². The topological polar surface area (TPSA) is 52.6 Å². The maximum absolute atomic E-state index is 12.0. The smallest absolute Gasteiger partial charge is 0.317 e. The second-order valence-corrected chi connectivity index (χ2v) is 5.45. The number of urea groups is 1. The molecule has 0 saturated heterocycles. The third kappa shape index (κ3) is 6.51. The molecule has 0 spiro atoms. The summed E-state index contributed by atoms with van der Waals surface area (Å²) in [6.07, 6.45) is 1.04. The van der Waals surface area contributed by atoms with Gasteiger partial charge in [-0.1, -0.05) is 20.3 Å². The molecule has 4 nitrogen and oxygen atoms in total. The molecule has 0 rings (SSSR count). The highest BCUT2D eigenvalue weighted by atomic mass is 16.3. The summed E-state index contributed by atoms with van der Waals surface area (Å²) in [4.78, 5) is 13.6. The molecule has 0 radical (unpaired) electrons. The van der Waals surface area contributed by atoms with Crippen LogP contribution in [0.2, 0.25) is 0 Å². The number of amides is 2. The highest BCUT2D eigenvalue weighted by Crippen LogP contribution is 2.09. The van der Waals surface area contributed by atoms with Gasteiger partial charge in [0.2, 0.25) is 0 Å². The van der Waals surface area contributed by atoms with Gasteiger partial charge in [-0.3, -0.25) is 0 Å². The zero-order valence-electron chi connectivity index (χ0n) is 12.1. The summed E-state index contributed by atoms with van der Waals surface area (Å²) >= 11 is 0. The van der Waals surface area contributed by atoms with Crippen molar-refractivity contribution in [3.63, 3.8) is 0 Å². The van der Waals surface area contributed by atoms with Crippen molar-refractivity contribution in [1.29, 1.82) is 0 Å². The van der Waals surface area contributed by atoms with E-state index in [4.69, 9.17) is 0 Å². The van der Waals surface area contributed by atoms with Crippen LogP contribution >= 0.6 is 0 Å². The van der Waals surface area contributed by atoms with Crippen molar-refractivity contribution >= 4 is 6.03 Å². The Hall–Kier alpha value is -0.770. The lowest BCUT2D eigenvalue weighted by Crippen LogP contribution is -2.50. The van der Waals surface area contributed by atoms with E-state index in [9.17, 15) is 9.90 Å². The summed E-state index contributed by atoms with van der Waals surface area (Å²) in [5, 5.41) is 12.7. The Morgan fingerprint density at radius 3 is 2.24 bits per heavy atom. The van der Waals surface area contributed by atoms with Crippen LogP contribution in [0.4, 0.5) is 4.79 Å². The maximum atomic E-state index is 12.0. The van der Waals surface area contributed by atoms with Gasteiger partial charge < -0.3 is 15.3 Å². The fraction of sp³-hybridized carbons (Fsp3) is 0.923. The highest BCUT2D eigenvalue weighted by molar-refractivity contribution is 5.74. The average molecular weight is 244 g/mol. The summed E-state index contributed by atoms with van der Waals surface area (Å²) in [5.41, 5.74) is -0.854. The van der Waals surface area contributed by atoms with Crippen molar-refractivity contribution in [3.05, 3.63) is 0 Å². The number of rotatable bonds is 6. The van der Waals surface area contributed by atoms with E-state index in [0.717, 1.165) is 6.42 Å². The Morgan fingerprint density at radius 2 is 1.88 bits per heavy atom. The average Bonchev–Trinajstić information content (AvgIpc) is 2.23. The van der Waals surface area contributed by atoms with E-state index in [2.05, 4.69) is 19.2 Å². The fourth-order valence-corrected chi connectivity index (χ4v) is 1.58. The number of hydrogen-bond donors (Lipinski definition) is 2. The van der Waals surface area contributed by atoms with Gasteiger partial charge in [-0.15, -0.1) is 0 Å². The SMILES string of the molecule is CCC(C)C(C)NC(=O)N(CC)CC(C)(C)O. The molecule has 2 atom stereocenters. The first-order valence-electron chi connectivity index (χ1n) is 6.49. The third-order valence-corrected chi connectivity index (χ3v) is 3.10. The van der Waals surface area contributed by atoms with Crippen LogP contribution in [0.3, 0.4) is 0 Å². The van der Waals surface area contributed by atoms with Gasteiger partial charge in [0.25, 0.3) is 0 Å². The van der Waals surface area contributed by atoms with E-state index in [0.29, 0.717) is 19.0 Å². The quantitative estimate of drug-likeness (QED) is 0.753. The Kier molecular flexibility index (Phi) is 6.53. The molecule has 0 heterocycles. The first-order chi connectivity index (χ1) is 7.71. The summed E-state index contributed by atoms with van der Waals surface area (Å²) in [6, 6.07) is 0.0609. The van der Waals surface area contributed by atoms with Crippen molar-refractivity contribution < 1.29 is 9.90 Å². The minimum absolute atomic E-state index is 0.0950. The molecule has 102 valence electrons. The molecule has 0 fully saturated rings. The number of aliphatic hydroxyl groups is 1. The minimum Gasteiger partial charge on any atom is -0.389 e. The van der Waals surface area contributed by atoms with Crippen LogP contribution in [0.5, 0.6) is 0 Å². The van der Waals surface area contributed by atoms with Crippen molar-refractivity contribution in [2.24, 2.45) is 5.92 Å². The Bertz CT molecular complexity index is 236. The molecule has 17 heavy (non-hydrogen) atoms.